The summed E-state index contributed by atoms with van der Waals surface area (Å²) in [4.78, 5) is 11.3. The van der Waals surface area contributed by atoms with Crippen LogP contribution in [0.5, 0.6) is 0 Å². The van der Waals surface area contributed by atoms with Gasteiger partial charge >= 0.3 is 5.97 Å². The summed E-state index contributed by atoms with van der Waals surface area (Å²) in [7, 11) is 1.37. The lowest BCUT2D eigenvalue weighted by molar-refractivity contribution is -0.147. The number of methoxy groups -OCH3 is 1. The molecule has 0 saturated carbocycles. The number of furan rings is 1. The van der Waals surface area contributed by atoms with Crippen LogP contribution in [0, 0.1) is 0 Å². The van der Waals surface area contributed by atoms with E-state index in [1.165, 1.54) is 7.11 Å². The Morgan fingerprint density at radius 2 is 2.27 bits per heavy atom. The van der Waals surface area contributed by atoms with Crippen molar-refractivity contribution in [3.63, 3.8) is 0 Å². The highest BCUT2D eigenvalue weighted by Crippen LogP contribution is 2.15. The molecule has 0 bridgehead atoms. The monoisotopic (exact) mass is 275 g/mol. The molecule has 0 saturated heterocycles. The van der Waals surface area contributed by atoms with E-state index >= 15 is 0 Å². The van der Waals surface area contributed by atoms with Crippen LogP contribution in [0.1, 0.15) is 19.6 Å². The van der Waals surface area contributed by atoms with Crippen molar-refractivity contribution in [1.29, 1.82) is 0 Å². The molecule has 84 valence electrons. The number of ether oxygens (including phenoxy) is 1. The Balaban J connectivity index is 2.53. The fourth-order valence-corrected chi connectivity index (χ4v) is 1.42. The second kappa shape index (κ2) is 4.81. The number of hydrogen-bond donors (Lipinski definition) is 1. The maximum absolute atomic E-state index is 11.3. The van der Waals surface area contributed by atoms with Crippen molar-refractivity contribution in [2.45, 2.75) is 25.9 Å². The minimum Gasteiger partial charge on any atom is -0.468 e. The molecule has 0 aliphatic rings. The second-order valence-corrected chi connectivity index (χ2v) is 4.46. The van der Waals surface area contributed by atoms with Gasteiger partial charge in [0.05, 0.1) is 13.7 Å². The number of halogens is 1. The van der Waals surface area contributed by atoms with E-state index in [-0.39, 0.29) is 5.97 Å². The zero-order chi connectivity index (χ0) is 11.5. The summed E-state index contributed by atoms with van der Waals surface area (Å²) in [6.07, 6.45) is 0. The fraction of sp³-hybridized carbons (Fsp3) is 0.500. The van der Waals surface area contributed by atoms with Gasteiger partial charge in [0, 0.05) is 0 Å². The summed E-state index contributed by atoms with van der Waals surface area (Å²) >= 11 is 3.21. The van der Waals surface area contributed by atoms with Crippen LogP contribution < -0.4 is 5.32 Å². The third-order valence-corrected chi connectivity index (χ3v) is 2.46. The van der Waals surface area contributed by atoms with Crippen molar-refractivity contribution in [3.8, 4) is 0 Å². The number of carbonyl (C=O) groups excluding carboxylic acids is 1. The zero-order valence-electron chi connectivity index (χ0n) is 8.96. The molecule has 1 rings (SSSR count). The summed E-state index contributed by atoms with van der Waals surface area (Å²) in [6, 6.07) is 3.65. The number of rotatable bonds is 4. The predicted molar refractivity (Wildman–Crippen MR) is 59.3 cm³/mol. The van der Waals surface area contributed by atoms with Gasteiger partial charge in [0.1, 0.15) is 11.3 Å². The van der Waals surface area contributed by atoms with Gasteiger partial charge in [0.25, 0.3) is 0 Å². The highest BCUT2D eigenvalue weighted by Gasteiger charge is 2.27. The molecular formula is C10H14BrNO3. The summed E-state index contributed by atoms with van der Waals surface area (Å²) in [5.74, 6) is 0.465. The molecule has 0 atom stereocenters. The lowest BCUT2D eigenvalue weighted by Crippen LogP contribution is -2.46. The highest BCUT2D eigenvalue weighted by molar-refractivity contribution is 9.10. The molecular weight excluding hydrogens is 262 g/mol. The smallest absolute Gasteiger partial charge is 0.325 e. The maximum atomic E-state index is 11.3. The molecule has 15 heavy (non-hydrogen) atoms. The molecule has 0 aliphatic carbocycles. The van der Waals surface area contributed by atoms with Gasteiger partial charge < -0.3 is 9.15 Å². The molecule has 1 heterocycles. The third kappa shape index (κ3) is 3.35. The number of hydrogen-bond acceptors (Lipinski definition) is 4. The number of nitrogens with one attached hydrogen (secondary N) is 1. The van der Waals surface area contributed by atoms with E-state index in [1.54, 1.807) is 13.8 Å². The van der Waals surface area contributed by atoms with Gasteiger partial charge in [0.2, 0.25) is 0 Å². The van der Waals surface area contributed by atoms with E-state index in [2.05, 4.69) is 26.0 Å². The van der Waals surface area contributed by atoms with Crippen LogP contribution in [0.4, 0.5) is 0 Å². The van der Waals surface area contributed by atoms with Gasteiger partial charge in [0.15, 0.2) is 4.67 Å². The van der Waals surface area contributed by atoms with E-state index in [1.807, 2.05) is 12.1 Å². The maximum Gasteiger partial charge on any atom is 0.325 e. The Bertz CT molecular complexity index is 346. The van der Waals surface area contributed by atoms with E-state index < -0.39 is 5.54 Å². The van der Waals surface area contributed by atoms with Gasteiger partial charge in [-0.25, -0.2) is 0 Å². The molecule has 0 amide bonds. The third-order valence-electron chi connectivity index (χ3n) is 2.03. The van der Waals surface area contributed by atoms with Crippen LogP contribution in [0.15, 0.2) is 21.2 Å². The van der Waals surface area contributed by atoms with Crippen LogP contribution in [-0.4, -0.2) is 18.6 Å². The number of carbonyl (C=O) groups is 1. The lowest BCUT2D eigenvalue weighted by atomic mass is 10.1. The number of esters is 1. The Kier molecular flexibility index (Phi) is 3.93. The molecule has 4 nitrogen and oxygen atoms in total. The van der Waals surface area contributed by atoms with Crippen molar-refractivity contribution in [2.24, 2.45) is 0 Å². The first-order chi connectivity index (χ1) is 6.95. The Morgan fingerprint density at radius 1 is 1.60 bits per heavy atom. The average molecular weight is 276 g/mol. The van der Waals surface area contributed by atoms with Gasteiger partial charge in [-0.05, 0) is 41.9 Å². The van der Waals surface area contributed by atoms with E-state index in [0.717, 1.165) is 5.76 Å². The Morgan fingerprint density at radius 3 is 2.73 bits per heavy atom. The van der Waals surface area contributed by atoms with Crippen LogP contribution >= 0.6 is 15.9 Å². The van der Waals surface area contributed by atoms with Crippen LogP contribution in [-0.2, 0) is 16.1 Å². The average Bonchev–Trinajstić information content (AvgIpc) is 2.60. The minimum absolute atomic E-state index is 0.298. The molecule has 0 fully saturated rings. The molecule has 0 aromatic carbocycles. The van der Waals surface area contributed by atoms with Gasteiger partial charge in [-0.15, -0.1) is 0 Å². The second-order valence-electron chi connectivity index (χ2n) is 3.68. The first kappa shape index (κ1) is 12.3. The summed E-state index contributed by atoms with van der Waals surface area (Å²) < 4.78 is 10.6. The molecule has 0 spiro atoms. The molecule has 0 unspecified atom stereocenters. The van der Waals surface area contributed by atoms with Crippen molar-refractivity contribution in [3.05, 3.63) is 22.6 Å². The zero-order valence-corrected chi connectivity index (χ0v) is 10.6. The molecule has 1 aromatic rings. The molecule has 0 radical (unpaired) electrons. The van der Waals surface area contributed by atoms with Gasteiger partial charge in [-0.2, -0.15) is 0 Å². The first-order valence-corrected chi connectivity index (χ1v) is 5.32. The van der Waals surface area contributed by atoms with Crippen LogP contribution in [0.2, 0.25) is 0 Å². The quantitative estimate of drug-likeness (QED) is 0.855. The van der Waals surface area contributed by atoms with Crippen molar-refractivity contribution in [2.75, 3.05) is 7.11 Å². The fourth-order valence-electron chi connectivity index (χ4n) is 1.08. The first-order valence-electron chi connectivity index (χ1n) is 4.53. The Hall–Kier alpha value is -0.810. The molecule has 5 heteroatoms. The standard InChI is InChI=1S/C10H14BrNO3/c1-10(2,9(13)14-3)12-6-7-4-5-8(11)15-7/h4-5,12H,6H2,1-3H3. The van der Waals surface area contributed by atoms with Crippen molar-refractivity contribution >= 4 is 21.9 Å². The Labute approximate surface area is 97.1 Å². The van der Waals surface area contributed by atoms with Crippen LogP contribution in [0.25, 0.3) is 0 Å². The van der Waals surface area contributed by atoms with E-state index in [0.29, 0.717) is 11.2 Å². The lowest BCUT2D eigenvalue weighted by Gasteiger charge is -2.22. The summed E-state index contributed by atoms with van der Waals surface area (Å²) in [5.41, 5.74) is -0.714. The summed E-state index contributed by atoms with van der Waals surface area (Å²) in [5, 5.41) is 3.05. The van der Waals surface area contributed by atoms with E-state index in [4.69, 9.17) is 4.42 Å². The van der Waals surface area contributed by atoms with Crippen LogP contribution in [0.3, 0.4) is 0 Å². The van der Waals surface area contributed by atoms with Gasteiger partial charge in [-0.3, -0.25) is 10.1 Å². The van der Waals surface area contributed by atoms with Crippen molar-refractivity contribution < 1.29 is 13.9 Å². The molecule has 1 N–H and O–H groups in total. The van der Waals surface area contributed by atoms with E-state index in [9.17, 15) is 4.79 Å². The predicted octanol–water partition coefficient (Wildman–Crippen LogP) is 2.08. The minimum atomic E-state index is -0.714. The van der Waals surface area contributed by atoms with Crippen molar-refractivity contribution in [1.82, 2.24) is 5.32 Å². The van der Waals surface area contributed by atoms with Gasteiger partial charge in [-0.1, -0.05) is 0 Å². The molecule has 1 aromatic heterocycles. The SMILES string of the molecule is COC(=O)C(C)(C)NCc1ccc(Br)o1. The normalized spacial score (nSPS) is 11.5. The molecule has 0 aliphatic heterocycles. The summed E-state index contributed by atoms with van der Waals surface area (Å²) in [6.45, 7) is 4.00. The topological polar surface area (TPSA) is 51.5 Å². The highest BCUT2D eigenvalue weighted by atomic mass is 79.9. The largest absolute Gasteiger partial charge is 0.468 e.